The summed E-state index contributed by atoms with van der Waals surface area (Å²) in [5, 5.41) is 8.48. The number of carbonyl (C=O) groups excluding carboxylic acids is 2. The summed E-state index contributed by atoms with van der Waals surface area (Å²) in [5.74, 6) is -0.516. The minimum Gasteiger partial charge on any atom is -0.343 e. The van der Waals surface area contributed by atoms with Crippen LogP contribution in [0.4, 0.5) is 5.69 Å². The standard InChI is InChI=1S/C22H23ClN4O3/c1-3-26(4-2)21(29)13-19-15-9-5-6-10-16(15)22(30)27(25-19)14-20(28)24-18-12-8-7-11-17(18)23/h5-12H,3-4,13-14H2,1-2H3,(H,24,28). The molecule has 0 saturated carbocycles. The maximum Gasteiger partial charge on any atom is 0.275 e. The molecule has 3 rings (SSSR count). The fourth-order valence-electron chi connectivity index (χ4n) is 3.26. The van der Waals surface area contributed by atoms with E-state index in [9.17, 15) is 14.4 Å². The van der Waals surface area contributed by atoms with Crippen molar-refractivity contribution in [2.45, 2.75) is 26.8 Å². The number of halogens is 1. The van der Waals surface area contributed by atoms with Gasteiger partial charge in [-0.05, 0) is 32.0 Å². The van der Waals surface area contributed by atoms with E-state index in [0.29, 0.717) is 40.3 Å². The number of fused-ring (bicyclic) bond motifs is 1. The number of hydrogen-bond acceptors (Lipinski definition) is 4. The molecule has 1 heterocycles. The lowest BCUT2D eigenvalue weighted by Gasteiger charge is -2.19. The van der Waals surface area contributed by atoms with E-state index in [1.54, 1.807) is 53.4 Å². The number of aromatic nitrogens is 2. The third kappa shape index (κ3) is 4.68. The summed E-state index contributed by atoms with van der Waals surface area (Å²) in [6, 6.07) is 13.8. The third-order valence-corrected chi connectivity index (χ3v) is 5.15. The van der Waals surface area contributed by atoms with Crippen LogP contribution in [0.1, 0.15) is 19.5 Å². The molecule has 0 radical (unpaired) electrons. The summed E-state index contributed by atoms with van der Waals surface area (Å²) in [6.45, 7) is 4.71. The molecule has 8 heteroatoms. The Bertz CT molecular complexity index is 1140. The van der Waals surface area contributed by atoms with E-state index < -0.39 is 5.91 Å². The summed E-state index contributed by atoms with van der Waals surface area (Å²) in [4.78, 5) is 39.7. The molecule has 1 N–H and O–H groups in total. The predicted molar refractivity (Wildman–Crippen MR) is 118 cm³/mol. The first-order valence-electron chi connectivity index (χ1n) is 9.75. The van der Waals surface area contributed by atoms with Gasteiger partial charge in [0.05, 0.1) is 28.2 Å². The number of rotatable bonds is 7. The van der Waals surface area contributed by atoms with Gasteiger partial charge in [0.2, 0.25) is 11.8 Å². The highest BCUT2D eigenvalue weighted by Gasteiger charge is 2.18. The molecule has 3 aromatic rings. The summed E-state index contributed by atoms with van der Waals surface area (Å²) in [5.41, 5.74) is 0.529. The lowest BCUT2D eigenvalue weighted by molar-refractivity contribution is -0.130. The molecule has 1 aromatic heterocycles. The second-order valence-corrected chi connectivity index (χ2v) is 7.13. The van der Waals surface area contributed by atoms with Crippen molar-refractivity contribution in [3.63, 3.8) is 0 Å². The Hall–Kier alpha value is -3.19. The van der Waals surface area contributed by atoms with Crippen molar-refractivity contribution >= 4 is 39.9 Å². The van der Waals surface area contributed by atoms with Crippen molar-refractivity contribution in [3.05, 3.63) is 69.6 Å². The van der Waals surface area contributed by atoms with Crippen LogP contribution in [-0.4, -0.2) is 39.6 Å². The van der Waals surface area contributed by atoms with Crippen molar-refractivity contribution in [2.24, 2.45) is 0 Å². The average molecular weight is 427 g/mol. The number of benzene rings is 2. The van der Waals surface area contributed by atoms with E-state index in [-0.39, 0.29) is 24.4 Å². The molecule has 0 aliphatic rings. The number of nitrogens with zero attached hydrogens (tertiary/aromatic N) is 3. The lowest BCUT2D eigenvalue weighted by atomic mass is 10.1. The molecule has 156 valence electrons. The molecule has 0 bridgehead atoms. The van der Waals surface area contributed by atoms with E-state index in [1.807, 2.05) is 13.8 Å². The van der Waals surface area contributed by atoms with Crippen molar-refractivity contribution in [2.75, 3.05) is 18.4 Å². The first-order valence-corrected chi connectivity index (χ1v) is 10.1. The number of likely N-dealkylation sites (N-methyl/N-ethyl adjacent to an activating group) is 1. The fraction of sp³-hybridized carbons (Fsp3) is 0.273. The Morgan fingerprint density at radius 1 is 1.03 bits per heavy atom. The first-order chi connectivity index (χ1) is 14.4. The second kappa shape index (κ2) is 9.54. The minimum atomic E-state index is -0.436. The smallest absolute Gasteiger partial charge is 0.275 e. The molecule has 7 nitrogen and oxygen atoms in total. The molecule has 0 fully saturated rings. The molecule has 0 aliphatic heterocycles. The van der Waals surface area contributed by atoms with Crippen molar-refractivity contribution in [3.8, 4) is 0 Å². The molecule has 2 amide bonds. The molecule has 0 atom stereocenters. The average Bonchev–Trinajstić information content (AvgIpc) is 2.74. The summed E-state index contributed by atoms with van der Waals surface area (Å²) >= 11 is 6.08. The van der Waals surface area contributed by atoms with Crippen LogP contribution < -0.4 is 10.9 Å². The monoisotopic (exact) mass is 426 g/mol. The van der Waals surface area contributed by atoms with E-state index in [2.05, 4.69) is 10.4 Å². The third-order valence-electron chi connectivity index (χ3n) is 4.82. The lowest BCUT2D eigenvalue weighted by Crippen LogP contribution is -2.34. The molecule has 0 spiro atoms. The Labute approximate surface area is 179 Å². The van der Waals surface area contributed by atoms with Crippen LogP contribution in [-0.2, 0) is 22.6 Å². The molecule has 0 saturated heterocycles. The number of hydrogen-bond donors (Lipinski definition) is 1. The van der Waals surface area contributed by atoms with E-state index >= 15 is 0 Å². The molecular weight excluding hydrogens is 404 g/mol. The van der Waals surface area contributed by atoms with E-state index in [0.717, 1.165) is 4.68 Å². The Morgan fingerprint density at radius 2 is 1.67 bits per heavy atom. The first kappa shape index (κ1) is 21.5. The van der Waals surface area contributed by atoms with Crippen LogP contribution in [0.2, 0.25) is 5.02 Å². The highest BCUT2D eigenvalue weighted by molar-refractivity contribution is 6.33. The van der Waals surface area contributed by atoms with Gasteiger partial charge in [-0.15, -0.1) is 0 Å². The SMILES string of the molecule is CCN(CC)C(=O)Cc1nn(CC(=O)Nc2ccccc2Cl)c(=O)c2ccccc12. The van der Waals surface area contributed by atoms with Gasteiger partial charge in [-0.1, -0.05) is 41.9 Å². The van der Waals surface area contributed by atoms with Crippen molar-refractivity contribution in [1.82, 2.24) is 14.7 Å². The number of carbonyl (C=O) groups is 2. The van der Waals surface area contributed by atoms with Gasteiger partial charge in [0.25, 0.3) is 5.56 Å². The van der Waals surface area contributed by atoms with E-state index in [1.165, 1.54) is 0 Å². The molecule has 0 unspecified atom stereocenters. The topological polar surface area (TPSA) is 84.3 Å². The van der Waals surface area contributed by atoms with Crippen LogP contribution in [0.25, 0.3) is 10.8 Å². The second-order valence-electron chi connectivity index (χ2n) is 6.73. The Balaban J connectivity index is 1.94. The zero-order chi connectivity index (χ0) is 21.7. The van der Waals surface area contributed by atoms with Gasteiger partial charge in [-0.3, -0.25) is 14.4 Å². The summed E-state index contributed by atoms with van der Waals surface area (Å²) in [6.07, 6.45) is 0.0502. The number of anilines is 1. The van der Waals surface area contributed by atoms with Gasteiger partial charge in [0.15, 0.2) is 0 Å². The fourth-order valence-corrected chi connectivity index (χ4v) is 3.45. The highest BCUT2D eigenvalue weighted by atomic mass is 35.5. The predicted octanol–water partition coefficient (Wildman–Crippen LogP) is 3.10. The molecule has 30 heavy (non-hydrogen) atoms. The molecule has 0 aliphatic carbocycles. The van der Waals surface area contributed by atoms with Crippen LogP contribution in [0.5, 0.6) is 0 Å². The number of nitrogens with one attached hydrogen (secondary N) is 1. The number of amides is 2. The van der Waals surface area contributed by atoms with Crippen LogP contribution in [0, 0.1) is 0 Å². The highest BCUT2D eigenvalue weighted by Crippen LogP contribution is 2.20. The van der Waals surface area contributed by atoms with Crippen molar-refractivity contribution < 1.29 is 9.59 Å². The van der Waals surface area contributed by atoms with Gasteiger partial charge >= 0.3 is 0 Å². The molecule has 2 aromatic carbocycles. The van der Waals surface area contributed by atoms with Crippen LogP contribution >= 0.6 is 11.6 Å². The minimum absolute atomic E-state index is 0.0502. The largest absolute Gasteiger partial charge is 0.343 e. The van der Waals surface area contributed by atoms with Crippen LogP contribution in [0.3, 0.4) is 0 Å². The van der Waals surface area contributed by atoms with E-state index in [4.69, 9.17) is 11.6 Å². The van der Waals surface area contributed by atoms with Gasteiger partial charge in [0.1, 0.15) is 6.54 Å². The zero-order valence-electron chi connectivity index (χ0n) is 16.9. The summed E-state index contributed by atoms with van der Waals surface area (Å²) < 4.78 is 1.10. The normalized spacial score (nSPS) is 10.8. The van der Waals surface area contributed by atoms with Gasteiger partial charge in [-0.25, -0.2) is 4.68 Å². The van der Waals surface area contributed by atoms with Gasteiger partial charge in [-0.2, -0.15) is 5.10 Å². The van der Waals surface area contributed by atoms with Crippen LogP contribution in [0.15, 0.2) is 53.3 Å². The quantitative estimate of drug-likeness (QED) is 0.629. The molecular formula is C22H23ClN4O3. The maximum atomic E-state index is 12.9. The Morgan fingerprint density at radius 3 is 2.33 bits per heavy atom. The maximum absolute atomic E-state index is 12.9. The summed E-state index contributed by atoms with van der Waals surface area (Å²) in [7, 11) is 0. The Kier molecular flexibility index (Phi) is 6.84. The van der Waals surface area contributed by atoms with Gasteiger partial charge < -0.3 is 10.2 Å². The van der Waals surface area contributed by atoms with Crippen molar-refractivity contribution in [1.29, 1.82) is 0 Å². The van der Waals surface area contributed by atoms with Gasteiger partial charge in [0, 0.05) is 18.5 Å². The zero-order valence-corrected chi connectivity index (χ0v) is 17.6. The number of para-hydroxylation sites is 1.